The van der Waals surface area contributed by atoms with Gasteiger partial charge in [0.15, 0.2) is 5.96 Å². The quantitative estimate of drug-likeness (QED) is 0.833. The maximum absolute atomic E-state index is 6.12. The molecule has 0 saturated carbocycles. The van der Waals surface area contributed by atoms with Gasteiger partial charge >= 0.3 is 0 Å². The van der Waals surface area contributed by atoms with Gasteiger partial charge < -0.3 is 10.6 Å². The van der Waals surface area contributed by atoms with E-state index in [1.54, 1.807) is 0 Å². The van der Waals surface area contributed by atoms with Gasteiger partial charge in [-0.05, 0) is 52.7 Å². The summed E-state index contributed by atoms with van der Waals surface area (Å²) in [5.74, 6) is 2.94. The molecule has 0 amide bonds. The number of nitrogens with zero attached hydrogens (tertiary/aromatic N) is 2. The summed E-state index contributed by atoms with van der Waals surface area (Å²) in [6.45, 7) is 0.798. The molecule has 1 aromatic rings. The van der Waals surface area contributed by atoms with Crippen LogP contribution in [0.1, 0.15) is 12.8 Å². The summed E-state index contributed by atoms with van der Waals surface area (Å²) >= 11 is 11.5. The Hall–Kier alpha value is -0.390. The topological polar surface area (TPSA) is 41.6 Å². The molecule has 2 aliphatic heterocycles. The third-order valence-corrected chi connectivity index (χ3v) is 6.23. The molecule has 102 valence electrons. The summed E-state index contributed by atoms with van der Waals surface area (Å²) < 4.78 is 0.893. The first-order chi connectivity index (χ1) is 9.12. The lowest BCUT2D eigenvalue weighted by molar-refractivity contribution is 0.457. The average molecular weight is 361 g/mol. The third kappa shape index (κ3) is 2.36. The molecule has 0 bridgehead atoms. The van der Waals surface area contributed by atoms with Gasteiger partial charge in [0.2, 0.25) is 0 Å². The van der Waals surface area contributed by atoms with Crippen molar-refractivity contribution in [2.45, 2.75) is 18.4 Å². The maximum Gasteiger partial charge on any atom is 0.196 e. The Morgan fingerprint density at radius 3 is 3.00 bits per heavy atom. The highest BCUT2D eigenvalue weighted by Crippen LogP contribution is 2.39. The number of hydrogen-bond acceptors (Lipinski definition) is 4. The summed E-state index contributed by atoms with van der Waals surface area (Å²) in [5, 5.41) is 0.713. The molecule has 1 unspecified atom stereocenters. The van der Waals surface area contributed by atoms with Crippen molar-refractivity contribution in [2.24, 2.45) is 10.7 Å². The Bertz CT molecular complexity index is 529. The van der Waals surface area contributed by atoms with Crippen molar-refractivity contribution in [1.82, 2.24) is 0 Å². The molecule has 1 aromatic carbocycles. The van der Waals surface area contributed by atoms with Gasteiger partial charge in [-0.2, -0.15) is 11.8 Å². The molecular formula is C13H15BrClN3S. The van der Waals surface area contributed by atoms with Crippen LogP contribution in [0.4, 0.5) is 5.69 Å². The predicted molar refractivity (Wildman–Crippen MR) is 87.4 cm³/mol. The number of aliphatic imine (C=N–C) groups is 1. The Morgan fingerprint density at radius 2 is 2.32 bits per heavy atom. The number of rotatable bonds is 1. The number of guanidine groups is 1. The summed E-state index contributed by atoms with van der Waals surface area (Å²) in [4.78, 5) is 6.68. The third-order valence-electron chi connectivity index (χ3n) is 3.70. The fourth-order valence-electron chi connectivity index (χ4n) is 2.78. The molecule has 1 spiro atoms. The molecule has 2 heterocycles. The minimum Gasteiger partial charge on any atom is -0.369 e. The van der Waals surface area contributed by atoms with Crippen LogP contribution < -0.4 is 10.6 Å². The second kappa shape index (κ2) is 5.19. The smallest absolute Gasteiger partial charge is 0.196 e. The molecule has 1 saturated heterocycles. The van der Waals surface area contributed by atoms with Crippen LogP contribution in [0, 0.1) is 0 Å². The zero-order valence-electron chi connectivity index (χ0n) is 10.4. The predicted octanol–water partition coefficient (Wildman–Crippen LogP) is 3.50. The van der Waals surface area contributed by atoms with Crippen molar-refractivity contribution < 1.29 is 0 Å². The van der Waals surface area contributed by atoms with E-state index >= 15 is 0 Å². The van der Waals surface area contributed by atoms with Crippen LogP contribution in [0.2, 0.25) is 5.02 Å². The summed E-state index contributed by atoms with van der Waals surface area (Å²) in [5.41, 5.74) is 7.25. The Morgan fingerprint density at radius 1 is 1.47 bits per heavy atom. The SMILES string of the molecule is NC1=NCC2(CCCSC2)N1c1ccc(Cl)c(Br)c1. The highest BCUT2D eigenvalue weighted by atomic mass is 79.9. The minimum atomic E-state index is 0.0558. The first-order valence-corrected chi connectivity index (χ1v) is 8.58. The Kier molecular flexibility index (Phi) is 3.71. The van der Waals surface area contributed by atoms with E-state index in [2.05, 4.69) is 25.8 Å². The number of hydrogen-bond donors (Lipinski definition) is 1. The molecule has 0 radical (unpaired) electrons. The molecule has 3 nitrogen and oxygen atoms in total. The standard InChI is InChI=1S/C13H15BrClN3S/c14-10-6-9(2-3-11(10)15)18-12(16)17-7-13(18)4-1-5-19-8-13/h2-3,6H,1,4-5,7-8H2,(H2,16,17). The summed E-state index contributed by atoms with van der Waals surface area (Å²) in [7, 11) is 0. The fraction of sp³-hybridized carbons (Fsp3) is 0.462. The number of nitrogens with two attached hydrogens (primary N) is 1. The fourth-order valence-corrected chi connectivity index (χ4v) is 4.50. The monoisotopic (exact) mass is 359 g/mol. The van der Waals surface area contributed by atoms with Gasteiger partial charge in [0.25, 0.3) is 0 Å². The van der Waals surface area contributed by atoms with E-state index in [1.165, 1.54) is 12.2 Å². The van der Waals surface area contributed by atoms with E-state index in [0.717, 1.165) is 28.9 Å². The molecule has 2 aliphatic rings. The van der Waals surface area contributed by atoms with Crippen LogP contribution in [-0.2, 0) is 0 Å². The van der Waals surface area contributed by atoms with E-state index in [1.807, 2.05) is 30.0 Å². The molecule has 3 rings (SSSR count). The average Bonchev–Trinajstić information content (AvgIpc) is 2.71. The molecule has 0 aromatic heterocycles. The van der Waals surface area contributed by atoms with Crippen LogP contribution in [-0.4, -0.2) is 29.5 Å². The van der Waals surface area contributed by atoms with E-state index < -0.39 is 0 Å². The van der Waals surface area contributed by atoms with Crippen LogP contribution in [0.15, 0.2) is 27.7 Å². The number of anilines is 1. The Labute approximate surface area is 130 Å². The maximum atomic E-state index is 6.12. The van der Waals surface area contributed by atoms with Crippen molar-refractivity contribution in [2.75, 3.05) is 23.0 Å². The van der Waals surface area contributed by atoms with Gasteiger partial charge in [-0.3, -0.25) is 4.99 Å². The minimum absolute atomic E-state index is 0.0558. The van der Waals surface area contributed by atoms with Gasteiger partial charge in [-0.25, -0.2) is 0 Å². The first-order valence-electron chi connectivity index (χ1n) is 6.25. The molecule has 2 N–H and O–H groups in total. The normalized spacial score (nSPS) is 26.8. The number of halogens is 2. The van der Waals surface area contributed by atoms with Gasteiger partial charge in [0.05, 0.1) is 17.1 Å². The lowest BCUT2D eigenvalue weighted by atomic mass is 9.94. The molecule has 1 fully saturated rings. The van der Waals surface area contributed by atoms with Gasteiger partial charge in [0.1, 0.15) is 0 Å². The second-order valence-corrected chi connectivity index (χ2v) is 7.36. The molecule has 19 heavy (non-hydrogen) atoms. The van der Waals surface area contributed by atoms with E-state index in [4.69, 9.17) is 17.3 Å². The van der Waals surface area contributed by atoms with Crippen molar-refractivity contribution in [1.29, 1.82) is 0 Å². The highest BCUT2D eigenvalue weighted by molar-refractivity contribution is 9.10. The molecule has 0 aliphatic carbocycles. The van der Waals surface area contributed by atoms with Crippen LogP contribution in [0.25, 0.3) is 0 Å². The van der Waals surface area contributed by atoms with E-state index in [0.29, 0.717) is 11.0 Å². The lowest BCUT2D eigenvalue weighted by Gasteiger charge is -2.41. The molecule has 1 atom stereocenters. The van der Waals surface area contributed by atoms with Crippen LogP contribution in [0.5, 0.6) is 0 Å². The zero-order chi connectivity index (χ0) is 13.5. The van der Waals surface area contributed by atoms with Crippen molar-refractivity contribution in [3.05, 3.63) is 27.7 Å². The van der Waals surface area contributed by atoms with E-state index in [9.17, 15) is 0 Å². The highest BCUT2D eigenvalue weighted by Gasteiger charge is 2.44. The molecular weight excluding hydrogens is 346 g/mol. The van der Waals surface area contributed by atoms with Gasteiger partial charge in [-0.15, -0.1) is 0 Å². The second-order valence-electron chi connectivity index (χ2n) is 4.99. The summed E-state index contributed by atoms with van der Waals surface area (Å²) in [6, 6.07) is 5.94. The first kappa shape index (κ1) is 13.6. The largest absolute Gasteiger partial charge is 0.369 e. The lowest BCUT2D eigenvalue weighted by Crippen LogP contribution is -2.55. The van der Waals surface area contributed by atoms with Crippen molar-refractivity contribution in [3.63, 3.8) is 0 Å². The van der Waals surface area contributed by atoms with E-state index in [-0.39, 0.29) is 5.54 Å². The number of thioether (sulfide) groups is 1. The summed E-state index contributed by atoms with van der Waals surface area (Å²) in [6.07, 6.45) is 2.36. The van der Waals surface area contributed by atoms with Crippen molar-refractivity contribution in [3.8, 4) is 0 Å². The Balaban J connectivity index is 1.99. The van der Waals surface area contributed by atoms with Crippen LogP contribution in [0.3, 0.4) is 0 Å². The van der Waals surface area contributed by atoms with Gasteiger partial charge in [0, 0.05) is 15.9 Å². The van der Waals surface area contributed by atoms with Crippen molar-refractivity contribution >= 4 is 50.9 Å². The number of benzene rings is 1. The molecule has 6 heteroatoms. The van der Waals surface area contributed by atoms with Crippen LogP contribution >= 0.6 is 39.3 Å². The zero-order valence-corrected chi connectivity index (χ0v) is 13.6. The van der Waals surface area contributed by atoms with Gasteiger partial charge in [-0.1, -0.05) is 11.6 Å².